The van der Waals surface area contributed by atoms with Gasteiger partial charge in [-0.15, -0.1) is 17.7 Å². The molecule has 7 heteroatoms. The van der Waals surface area contributed by atoms with E-state index in [1.54, 1.807) is 0 Å². The highest BCUT2D eigenvalue weighted by molar-refractivity contribution is 7.84. The van der Waals surface area contributed by atoms with Crippen LogP contribution in [0.1, 0.15) is 0 Å². The molecule has 0 radical (unpaired) electrons. The van der Waals surface area contributed by atoms with Crippen molar-refractivity contribution >= 4 is 18.6 Å². The van der Waals surface area contributed by atoms with Crippen LogP contribution in [0.3, 0.4) is 0 Å². The molecule has 0 aliphatic carbocycles. The SMILES string of the molecule is NNC1=NNC=C(S)N1N. The number of hydrazine groups is 2. The molecule has 1 aliphatic heterocycles. The molecule has 0 fully saturated rings. The highest BCUT2D eigenvalue weighted by Crippen LogP contribution is 2.04. The Labute approximate surface area is 63.3 Å². The van der Waals surface area contributed by atoms with Gasteiger partial charge in [-0.3, -0.25) is 10.9 Å². The van der Waals surface area contributed by atoms with Crippen LogP contribution in [0.4, 0.5) is 0 Å². The van der Waals surface area contributed by atoms with Crippen LogP contribution in [0, 0.1) is 0 Å². The molecule has 10 heavy (non-hydrogen) atoms. The van der Waals surface area contributed by atoms with Crippen molar-refractivity contribution in [1.29, 1.82) is 0 Å². The Morgan fingerprint density at radius 2 is 2.50 bits per heavy atom. The van der Waals surface area contributed by atoms with E-state index in [4.69, 9.17) is 11.7 Å². The first kappa shape index (κ1) is 7.19. The average Bonchev–Trinajstić information content (AvgIpc) is 1.95. The summed E-state index contributed by atoms with van der Waals surface area (Å²) in [5, 5.41) is 5.42. The number of rotatable bonds is 0. The molecular weight excluding hydrogens is 152 g/mol. The Morgan fingerprint density at radius 3 is 3.00 bits per heavy atom. The fraction of sp³-hybridized carbons (Fsp3) is 0. The lowest BCUT2D eigenvalue weighted by Gasteiger charge is -2.21. The van der Waals surface area contributed by atoms with E-state index in [0.29, 0.717) is 11.0 Å². The minimum Gasteiger partial charge on any atom is -0.291 e. The highest BCUT2D eigenvalue weighted by Gasteiger charge is 2.10. The molecule has 0 bridgehead atoms. The zero-order valence-corrected chi connectivity index (χ0v) is 5.97. The summed E-state index contributed by atoms with van der Waals surface area (Å²) < 4.78 is 0. The van der Waals surface area contributed by atoms with E-state index >= 15 is 0 Å². The molecular formula is C3H8N6S. The normalized spacial score (nSPS) is 17.3. The van der Waals surface area contributed by atoms with Gasteiger partial charge in [0.05, 0.1) is 6.20 Å². The van der Waals surface area contributed by atoms with Crippen LogP contribution in [0.5, 0.6) is 0 Å². The summed E-state index contributed by atoms with van der Waals surface area (Å²) >= 11 is 3.99. The second kappa shape index (κ2) is 2.78. The fourth-order valence-electron chi connectivity index (χ4n) is 0.485. The van der Waals surface area contributed by atoms with Crippen molar-refractivity contribution in [2.24, 2.45) is 16.8 Å². The van der Waals surface area contributed by atoms with Crippen LogP contribution in [-0.4, -0.2) is 11.0 Å². The summed E-state index contributed by atoms with van der Waals surface area (Å²) in [5.74, 6) is 10.8. The van der Waals surface area contributed by atoms with Crippen molar-refractivity contribution < 1.29 is 0 Å². The van der Waals surface area contributed by atoms with E-state index in [1.807, 2.05) is 0 Å². The minimum atomic E-state index is 0.313. The maximum Gasteiger partial charge on any atom is 0.250 e. The summed E-state index contributed by atoms with van der Waals surface area (Å²) in [4.78, 5) is 0. The van der Waals surface area contributed by atoms with Gasteiger partial charge in [-0.2, -0.15) is 0 Å². The van der Waals surface area contributed by atoms with Gasteiger partial charge in [-0.1, -0.05) is 0 Å². The monoisotopic (exact) mass is 160 g/mol. The molecule has 0 atom stereocenters. The summed E-state index contributed by atoms with van der Waals surface area (Å²) in [6, 6.07) is 0. The Kier molecular flexibility index (Phi) is 2.00. The Hall–Kier alpha value is -0.920. The topological polar surface area (TPSA) is 91.7 Å². The van der Waals surface area contributed by atoms with Crippen LogP contribution < -0.4 is 22.5 Å². The van der Waals surface area contributed by atoms with Gasteiger partial charge >= 0.3 is 0 Å². The van der Waals surface area contributed by atoms with Gasteiger partial charge < -0.3 is 0 Å². The van der Waals surface area contributed by atoms with E-state index in [0.717, 1.165) is 0 Å². The van der Waals surface area contributed by atoms with Gasteiger partial charge in [0, 0.05) is 0 Å². The van der Waals surface area contributed by atoms with E-state index < -0.39 is 0 Å². The Morgan fingerprint density at radius 1 is 1.80 bits per heavy atom. The third-order valence-corrected chi connectivity index (χ3v) is 1.31. The zero-order chi connectivity index (χ0) is 7.56. The van der Waals surface area contributed by atoms with Crippen molar-refractivity contribution in [1.82, 2.24) is 15.9 Å². The van der Waals surface area contributed by atoms with Crippen LogP contribution >= 0.6 is 12.6 Å². The molecule has 0 aromatic rings. The molecule has 0 aromatic carbocycles. The number of hydrogen-bond acceptors (Lipinski definition) is 7. The molecule has 6 N–H and O–H groups in total. The number of thiol groups is 1. The first-order valence-electron chi connectivity index (χ1n) is 2.49. The third-order valence-electron chi connectivity index (χ3n) is 0.968. The lowest BCUT2D eigenvalue weighted by molar-refractivity contribution is 0.528. The van der Waals surface area contributed by atoms with Crippen LogP contribution in [0.25, 0.3) is 0 Å². The third kappa shape index (κ3) is 1.15. The Bertz CT molecular complexity index is 185. The second-order valence-electron chi connectivity index (χ2n) is 1.58. The van der Waals surface area contributed by atoms with Gasteiger partial charge in [0.15, 0.2) is 0 Å². The molecule has 0 saturated heterocycles. The minimum absolute atomic E-state index is 0.313. The lowest BCUT2D eigenvalue weighted by Crippen LogP contribution is -2.49. The summed E-state index contributed by atoms with van der Waals surface area (Å²) in [7, 11) is 0. The van der Waals surface area contributed by atoms with Crippen LogP contribution in [0.15, 0.2) is 16.3 Å². The molecule has 0 unspecified atom stereocenters. The fourth-order valence-corrected chi connectivity index (χ4v) is 0.637. The molecule has 6 nitrogen and oxygen atoms in total. The molecule has 0 amide bonds. The van der Waals surface area contributed by atoms with Gasteiger partial charge in [-0.25, -0.2) is 16.7 Å². The highest BCUT2D eigenvalue weighted by atomic mass is 32.1. The van der Waals surface area contributed by atoms with Gasteiger partial charge in [0.1, 0.15) is 5.03 Å². The van der Waals surface area contributed by atoms with Crippen molar-refractivity contribution in [2.75, 3.05) is 0 Å². The average molecular weight is 160 g/mol. The maximum absolute atomic E-state index is 5.41. The van der Waals surface area contributed by atoms with Gasteiger partial charge in [-0.05, 0) is 0 Å². The number of nitrogens with zero attached hydrogens (tertiary/aromatic N) is 2. The summed E-state index contributed by atoms with van der Waals surface area (Å²) in [6.45, 7) is 0. The van der Waals surface area contributed by atoms with Crippen molar-refractivity contribution in [3.05, 3.63) is 11.2 Å². The molecule has 0 aromatic heterocycles. The second-order valence-corrected chi connectivity index (χ2v) is 2.04. The molecule has 1 rings (SSSR count). The lowest BCUT2D eigenvalue weighted by atomic mass is 10.7. The van der Waals surface area contributed by atoms with Gasteiger partial charge in [0.25, 0.3) is 0 Å². The first-order valence-corrected chi connectivity index (χ1v) is 2.94. The number of hydrogen-bond donors (Lipinski definition) is 5. The van der Waals surface area contributed by atoms with E-state index in [-0.39, 0.29) is 0 Å². The standard InChI is InChI=1S/C3H8N6S/c4-7-3-8-6-1-2(10)9(3)5/h1,6,10H,4-5H2,(H,7,8). The van der Waals surface area contributed by atoms with Crippen molar-refractivity contribution in [3.63, 3.8) is 0 Å². The zero-order valence-electron chi connectivity index (χ0n) is 5.07. The molecule has 56 valence electrons. The maximum atomic E-state index is 5.41. The molecule has 1 aliphatic rings. The quantitative estimate of drug-likeness (QED) is 0.164. The van der Waals surface area contributed by atoms with Crippen LogP contribution in [-0.2, 0) is 0 Å². The number of nitrogens with two attached hydrogens (primary N) is 2. The number of hydrazone groups is 1. The van der Waals surface area contributed by atoms with Crippen LogP contribution in [0.2, 0.25) is 0 Å². The van der Waals surface area contributed by atoms with E-state index in [1.165, 1.54) is 11.2 Å². The van der Waals surface area contributed by atoms with Crippen molar-refractivity contribution in [3.8, 4) is 0 Å². The molecule has 0 saturated carbocycles. The summed E-state index contributed by atoms with van der Waals surface area (Å²) in [5.41, 5.74) is 4.83. The predicted octanol–water partition coefficient (Wildman–Crippen LogP) is -1.77. The van der Waals surface area contributed by atoms with E-state index in [9.17, 15) is 0 Å². The molecule has 1 heterocycles. The smallest absolute Gasteiger partial charge is 0.250 e. The first-order chi connectivity index (χ1) is 4.75. The largest absolute Gasteiger partial charge is 0.291 e. The van der Waals surface area contributed by atoms with E-state index in [2.05, 4.69) is 28.6 Å². The Balaban J connectivity index is 2.70. The van der Waals surface area contributed by atoms with Gasteiger partial charge in [0.2, 0.25) is 5.96 Å². The predicted molar refractivity (Wildman–Crippen MR) is 41.0 cm³/mol. The van der Waals surface area contributed by atoms with Crippen molar-refractivity contribution in [2.45, 2.75) is 0 Å². The summed E-state index contributed by atoms with van der Waals surface area (Å²) in [6.07, 6.45) is 1.53. The number of guanidine groups is 1. The number of nitrogens with one attached hydrogen (secondary N) is 2. The molecule has 0 spiro atoms.